The second-order valence-electron chi connectivity index (χ2n) is 4.76. The van der Waals surface area contributed by atoms with Crippen LogP contribution in [0.2, 0.25) is 0 Å². The van der Waals surface area contributed by atoms with Crippen LogP contribution < -0.4 is 5.32 Å². The molecule has 1 amide bonds. The maximum Gasteiger partial charge on any atom is 0.327 e. The van der Waals surface area contributed by atoms with Gasteiger partial charge in [0.05, 0.1) is 0 Å². The third kappa shape index (κ3) is 5.16. The van der Waals surface area contributed by atoms with Gasteiger partial charge in [-0.25, -0.2) is 14.8 Å². The molecule has 1 aromatic rings. The van der Waals surface area contributed by atoms with Gasteiger partial charge in [-0.15, -0.1) is 11.8 Å². The number of carbonyl (C=O) groups is 2. The summed E-state index contributed by atoms with van der Waals surface area (Å²) in [6, 6.07) is 0.888. The van der Waals surface area contributed by atoms with Crippen LogP contribution in [0.25, 0.3) is 0 Å². The number of hydrogen-bond donors (Lipinski definition) is 2. The molecule has 0 saturated carbocycles. The molecule has 0 fully saturated rings. The van der Waals surface area contributed by atoms with Crippen molar-refractivity contribution in [2.24, 2.45) is 0 Å². The van der Waals surface area contributed by atoms with E-state index in [0.717, 1.165) is 16.5 Å². The standard InChI is InChI=1S/C13H19N3O3S/c1-7(2)12-14-8(3)5-11(16-12)20-6-10(13(18)19)15-9(4)17/h5,7,10H,6H2,1-4H3,(H,15,17)(H,18,19)/t10-/m0/s1. The molecule has 0 bridgehead atoms. The molecule has 1 atom stereocenters. The quantitative estimate of drug-likeness (QED) is 0.612. The predicted octanol–water partition coefficient (Wildman–Crippen LogP) is 1.59. The Morgan fingerprint density at radius 1 is 1.40 bits per heavy atom. The molecular formula is C13H19N3O3S. The Labute approximate surface area is 122 Å². The van der Waals surface area contributed by atoms with Gasteiger partial charge in [0.2, 0.25) is 5.91 Å². The largest absolute Gasteiger partial charge is 0.480 e. The van der Waals surface area contributed by atoms with Crippen LogP contribution in [0.4, 0.5) is 0 Å². The predicted molar refractivity (Wildman–Crippen MR) is 76.8 cm³/mol. The fourth-order valence-electron chi connectivity index (χ4n) is 1.48. The molecule has 0 unspecified atom stereocenters. The molecule has 1 heterocycles. The highest BCUT2D eigenvalue weighted by Crippen LogP contribution is 2.20. The lowest BCUT2D eigenvalue weighted by atomic mass is 10.2. The molecule has 0 spiro atoms. The van der Waals surface area contributed by atoms with Gasteiger partial charge in [0.15, 0.2) is 0 Å². The van der Waals surface area contributed by atoms with Gasteiger partial charge in [0, 0.05) is 24.3 Å². The first-order valence-corrected chi connectivity index (χ1v) is 7.26. The minimum Gasteiger partial charge on any atom is -0.480 e. The smallest absolute Gasteiger partial charge is 0.327 e. The van der Waals surface area contributed by atoms with E-state index in [1.54, 1.807) is 0 Å². The van der Waals surface area contributed by atoms with E-state index >= 15 is 0 Å². The number of nitrogens with zero attached hydrogens (tertiary/aromatic N) is 2. The van der Waals surface area contributed by atoms with Crippen LogP contribution in [0.3, 0.4) is 0 Å². The van der Waals surface area contributed by atoms with Crippen LogP contribution in [0.5, 0.6) is 0 Å². The van der Waals surface area contributed by atoms with E-state index < -0.39 is 12.0 Å². The van der Waals surface area contributed by atoms with E-state index in [2.05, 4.69) is 15.3 Å². The summed E-state index contributed by atoms with van der Waals surface area (Å²) in [4.78, 5) is 30.7. The average Bonchev–Trinajstić information content (AvgIpc) is 2.33. The maximum atomic E-state index is 11.0. The number of nitrogens with one attached hydrogen (secondary N) is 1. The summed E-state index contributed by atoms with van der Waals surface area (Å²) in [5, 5.41) is 12.2. The number of amides is 1. The summed E-state index contributed by atoms with van der Waals surface area (Å²) in [7, 11) is 0. The fourth-order valence-corrected chi connectivity index (χ4v) is 2.46. The average molecular weight is 297 g/mol. The van der Waals surface area contributed by atoms with E-state index in [0.29, 0.717) is 0 Å². The second-order valence-corrected chi connectivity index (χ2v) is 5.80. The van der Waals surface area contributed by atoms with E-state index in [1.165, 1.54) is 18.7 Å². The number of carbonyl (C=O) groups excluding carboxylic acids is 1. The van der Waals surface area contributed by atoms with E-state index in [4.69, 9.17) is 5.11 Å². The van der Waals surface area contributed by atoms with E-state index in [1.807, 2.05) is 26.8 Å². The van der Waals surface area contributed by atoms with Gasteiger partial charge in [0.25, 0.3) is 0 Å². The molecule has 0 aliphatic heterocycles. The lowest BCUT2D eigenvalue weighted by molar-refractivity contribution is -0.140. The molecule has 2 N–H and O–H groups in total. The molecule has 0 aromatic carbocycles. The molecule has 0 radical (unpaired) electrons. The highest BCUT2D eigenvalue weighted by Gasteiger charge is 2.19. The third-order valence-corrected chi connectivity index (χ3v) is 3.44. The number of aliphatic carboxylic acids is 1. The first kappa shape index (κ1) is 16.4. The highest BCUT2D eigenvalue weighted by atomic mass is 32.2. The monoisotopic (exact) mass is 297 g/mol. The number of thioether (sulfide) groups is 1. The molecule has 0 aliphatic carbocycles. The normalized spacial score (nSPS) is 12.2. The van der Waals surface area contributed by atoms with Crippen molar-refractivity contribution >= 4 is 23.6 Å². The summed E-state index contributed by atoms with van der Waals surface area (Å²) in [5.41, 5.74) is 0.845. The Hall–Kier alpha value is -1.63. The molecule has 0 saturated heterocycles. The maximum absolute atomic E-state index is 11.0. The zero-order chi connectivity index (χ0) is 15.3. The third-order valence-electron chi connectivity index (χ3n) is 2.44. The summed E-state index contributed by atoms with van der Waals surface area (Å²) in [5.74, 6) is -0.246. The van der Waals surface area contributed by atoms with Crippen molar-refractivity contribution in [3.63, 3.8) is 0 Å². The fraction of sp³-hybridized carbons (Fsp3) is 0.538. The lowest BCUT2D eigenvalue weighted by Crippen LogP contribution is -2.41. The van der Waals surface area contributed by atoms with Gasteiger partial charge in [-0.3, -0.25) is 4.79 Å². The number of carboxylic acids is 1. The Morgan fingerprint density at radius 2 is 2.05 bits per heavy atom. The number of rotatable bonds is 6. The molecule has 0 aliphatic rings. The van der Waals surface area contributed by atoms with Crippen LogP contribution >= 0.6 is 11.8 Å². The van der Waals surface area contributed by atoms with Crippen molar-refractivity contribution in [1.82, 2.24) is 15.3 Å². The van der Waals surface area contributed by atoms with Crippen molar-refractivity contribution in [3.8, 4) is 0 Å². The van der Waals surface area contributed by atoms with Crippen LogP contribution in [-0.2, 0) is 9.59 Å². The van der Waals surface area contributed by atoms with Gasteiger partial charge in [-0.05, 0) is 13.0 Å². The van der Waals surface area contributed by atoms with E-state index in [-0.39, 0.29) is 17.6 Å². The molecule has 110 valence electrons. The lowest BCUT2D eigenvalue weighted by Gasteiger charge is -2.13. The molecule has 1 aromatic heterocycles. The first-order valence-electron chi connectivity index (χ1n) is 6.28. The highest BCUT2D eigenvalue weighted by molar-refractivity contribution is 7.99. The molecular weight excluding hydrogens is 278 g/mol. The minimum atomic E-state index is -1.05. The molecule has 6 nitrogen and oxygen atoms in total. The number of aryl methyl sites for hydroxylation is 1. The zero-order valence-electron chi connectivity index (χ0n) is 12.0. The van der Waals surface area contributed by atoms with Crippen molar-refractivity contribution in [2.45, 2.75) is 44.7 Å². The van der Waals surface area contributed by atoms with Crippen LogP contribution in [0.15, 0.2) is 11.1 Å². The molecule has 7 heteroatoms. The minimum absolute atomic E-state index is 0.208. The molecule has 1 rings (SSSR count). The first-order chi connectivity index (χ1) is 9.29. The van der Waals surface area contributed by atoms with Gasteiger partial charge in [0.1, 0.15) is 16.9 Å². The van der Waals surface area contributed by atoms with Crippen molar-refractivity contribution in [2.75, 3.05) is 5.75 Å². The topological polar surface area (TPSA) is 92.2 Å². The Bertz CT molecular complexity index is 506. The van der Waals surface area contributed by atoms with Gasteiger partial charge < -0.3 is 10.4 Å². The SMILES string of the molecule is CC(=O)N[C@@H](CSc1cc(C)nc(C(C)C)n1)C(=O)O. The van der Waals surface area contributed by atoms with Crippen LogP contribution in [-0.4, -0.2) is 38.7 Å². The van der Waals surface area contributed by atoms with Gasteiger partial charge in [-0.1, -0.05) is 13.8 Å². The number of aromatic nitrogens is 2. The van der Waals surface area contributed by atoms with Gasteiger partial charge >= 0.3 is 5.97 Å². The Kier molecular flexibility index (Phi) is 5.94. The summed E-state index contributed by atoms with van der Waals surface area (Å²) in [6.07, 6.45) is 0. The Balaban J connectivity index is 2.77. The van der Waals surface area contributed by atoms with Gasteiger partial charge in [-0.2, -0.15) is 0 Å². The summed E-state index contributed by atoms with van der Waals surface area (Å²) >= 11 is 1.30. The van der Waals surface area contributed by atoms with Crippen molar-refractivity contribution in [1.29, 1.82) is 0 Å². The summed E-state index contributed by atoms with van der Waals surface area (Å²) in [6.45, 7) is 7.17. The van der Waals surface area contributed by atoms with Crippen molar-refractivity contribution in [3.05, 3.63) is 17.6 Å². The van der Waals surface area contributed by atoms with Crippen LogP contribution in [0.1, 0.15) is 38.2 Å². The van der Waals surface area contributed by atoms with Crippen LogP contribution in [0, 0.1) is 6.92 Å². The number of hydrogen-bond acceptors (Lipinski definition) is 5. The summed E-state index contributed by atoms with van der Waals surface area (Å²) < 4.78 is 0. The Morgan fingerprint density at radius 3 is 2.55 bits per heavy atom. The van der Waals surface area contributed by atoms with E-state index in [9.17, 15) is 9.59 Å². The molecule has 20 heavy (non-hydrogen) atoms. The second kappa shape index (κ2) is 7.23. The number of carboxylic acid groups (broad SMARTS) is 1. The van der Waals surface area contributed by atoms with Crippen molar-refractivity contribution < 1.29 is 14.7 Å². The zero-order valence-corrected chi connectivity index (χ0v) is 12.8.